The van der Waals surface area contributed by atoms with E-state index in [2.05, 4.69) is 20.9 Å². The summed E-state index contributed by atoms with van der Waals surface area (Å²) in [5, 5.41) is 11.9. The van der Waals surface area contributed by atoms with E-state index in [1.54, 1.807) is 18.2 Å². The van der Waals surface area contributed by atoms with Crippen LogP contribution in [0.5, 0.6) is 11.5 Å². The maximum Gasteiger partial charge on any atom is 0.363 e. The van der Waals surface area contributed by atoms with Crippen molar-refractivity contribution >= 4 is 62.8 Å². The van der Waals surface area contributed by atoms with E-state index in [-0.39, 0.29) is 34.5 Å². The van der Waals surface area contributed by atoms with Crippen LogP contribution in [0.4, 0.5) is 5.69 Å². The van der Waals surface area contributed by atoms with Gasteiger partial charge >= 0.3 is 5.97 Å². The fraction of sp³-hybridized carbons (Fsp3) is 0.120. The number of ether oxygens (including phenoxy) is 3. The molecule has 0 N–H and O–H groups in total. The molecule has 3 aromatic carbocycles. The zero-order chi connectivity index (χ0) is 25.8. The Kier molecular flexibility index (Phi) is 7.93. The Balaban J connectivity index is 1.64. The van der Waals surface area contributed by atoms with Crippen molar-refractivity contribution in [3.63, 3.8) is 0 Å². The summed E-state index contributed by atoms with van der Waals surface area (Å²) in [4.78, 5) is 27.2. The third kappa shape index (κ3) is 5.87. The number of carbonyl (C=O) groups excluding carboxylic acids is 1. The molecule has 1 heterocycles. The first-order valence-corrected chi connectivity index (χ1v) is 12.1. The van der Waals surface area contributed by atoms with Gasteiger partial charge in [-0.2, -0.15) is 0 Å². The standard InChI is InChI=1S/C25H17BrCl2N2O6/c1-2-34-22-11-15(9-19(26)23(22)35-13-14-4-3-5-16(27)8-14)10-21-25(31)36-24(29-21)18-12-17(30(32)33)6-7-20(18)28/h3-12H,2,13H2,1H3/b21-10-. The van der Waals surface area contributed by atoms with E-state index >= 15 is 0 Å². The number of rotatable bonds is 8. The second-order valence-electron chi connectivity index (χ2n) is 7.44. The second-order valence-corrected chi connectivity index (χ2v) is 9.14. The molecule has 11 heteroatoms. The quantitative estimate of drug-likeness (QED) is 0.121. The number of non-ortho nitro benzene ring substituents is 1. The number of halogens is 3. The molecule has 0 bridgehead atoms. The first-order chi connectivity index (χ1) is 17.2. The van der Waals surface area contributed by atoms with Crippen LogP contribution in [0.15, 0.2) is 69.8 Å². The number of cyclic esters (lactones) is 1. The van der Waals surface area contributed by atoms with Crippen LogP contribution in [0.1, 0.15) is 23.6 Å². The molecule has 1 aliphatic heterocycles. The highest BCUT2D eigenvalue weighted by atomic mass is 79.9. The third-order valence-corrected chi connectivity index (χ3v) is 6.07. The highest BCUT2D eigenvalue weighted by Crippen LogP contribution is 2.38. The van der Waals surface area contributed by atoms with Crippen LogP contribution in [0.2, 0.25) is 10.0 Å². The minimum absolute atomic E-state index is 0.00508. The minimum atomic E-state index is -0.720. The van der Waals surface area contributed by atoms with Crippen LogP contribution in [-0.4, -0.2) is 23.4 Å². The monoisotopic (exact) mass is 590 g/mol. The lowest BCUT2D eigenvalue weighted by molar-refractivity contribution is -0.384. The number of esters is 1. The van der Waals surface area contributed by atoms with Crippen LogP contribution < -0.4 is 9.47 Å². The van der Waals surface area contributed by atoms with Crippen LogP contribution in [0, 0.1) is 10.1 Å². The predicted octanol–water partition coefficient (Wildman–Crippen LogP) is 6.99. The number of aliphatic imine (C=N–C) groups is 1. The molecule has 0 aliphatic carbocycles. The normalized spacial score (nSPS) is 13.9. The lowest BCUT2D eigenvalue weighted by Crippen LogP contribution is -2.06. The molecule has 0 radical (unpaired) electrons. The van der Waals surface area contributed by atoms with Gasteiger partial charge in [0.1, 0.15) is 6.61 Å². The molecule has 0 amide bonds. The topological polar surface area (TPSA) is 100 Å². The first kappa shape index (κ1) is 25.7. The maximum atomic E-state index is 12.5. The Morgan fingerprint density at radius 2 is 1.94 bits per heavy atom. The van der Waals surface area contributed by atoms with Gasteiger partial charge in [0.05, 0.1) is 26.6 Å². The molecule has 1 aliphatic rings. The van der Waals surface area contributed by atoms with Gasteiger partial charge in [-0.05, 0) is 70.4 Å². The van der Waals surface area contributed by atoms with Gasteiger partial charge in [0.2, 0.25) is 5.90 Å². The number of nitro groups is 1. The number of hydrogen-bond acceptors (Lipinski definition) is 7. The first-order valence-electron chi connectivity index (χ1n) is 10.6. The van der Waals surface area contributed by atoms with Crippen LogP contribution in [0.25, 0.3) is 6.08 Å². The van der Waals surface area contributed by atoms with Crippen LogP contribution in [0.3, 0.4) is 0 Å². The number of carbonyl (C=O) groups is 1. The minimum Gasteiger partial charge on any atom is -0.490 e. The molecule has 8 nitrogen and oxygen atoms in total. The summed E-state index contributed by atoms with van der Waals surface area (Å²) in [6.07, 6.45) is 1.51. The Bertz CT molecular complexity index is 1420. The summed E-state index contributed by atoms with van der Waals surface area (Å²) in [5.41, 5.74) is 1.41. The van der Waals surface area contributed by atoms with Gasteiger partial charge in [0, 0.05) is 17.2 Å². The van der Waals surface area contributed by atoms with Crippen molar-refractivity contribution in [3.05, 3.63) is 102 Å². The highest BCUT2D eigenvalue weighted by molar-refractivity contribution is 9.10. The number of nitrogens with zero attached hydrogens (tertiary/aromatic N) is 2. The molecule has 0 saturated heterocycles. The van der Waals surface area contributed by atoms with Crippen molar-refractivity contribution < 1.29 is 23.9 Å². The Morgan fingerprint density at radius 1 is 1.14 bits per heavy atom. The molecule has 4 rings (SSSR count). The molecule has 0 unspecified atom stereocenters. The molecular formula is C25H17BrCl2N2O6. The largest absolute Gasteiger partial charge is 0.490 e. The Labute approximate surface area is 224 Å². The summed E-state index contributed by atoms with van der Waals surface area (Å²) < 4.78 is 17.6. The Hall–Kier alpha value is -3.40. The van der Waals surface area contributed by atoms with Gasteiger partial charge in [-0.15, -0.1) is 0 Å². The summed E-state index contributed by atoms with van der Waals surface area (Å²) >= 11 is 15.7. The van der Waals surface area contributed by atoms with E-state index in [9.17, 15) is 14.9 Å². The lowest BCUT2D eigenvalue weighted by Gasteiger charge is -2.15. The van der Waals surface area contributed by atoms with Gasteiger partial charge in [0.15, 0.2) is 17.2 Å². The van der Waals surface area contributed by atoms with E-state index < -0.39 is 10.9 Å². The van der Waals surface area contributed by atoms with Crippen molar-refractivity contribution in [2.24, 2.45) is 4.99 Å². The van der Waals surface area contributed by atoms with Crippen molar-refractivity contribution in [2.45, 2.75) is 13.5 Å². The molecule has 36 heavy (non-hydrogen) atoms. The Morgan fingerprint density at radius 3 is 2.67 bits per heavy atom. The molecule has 0 atom stereocenters. The molecule has 0 spiro atoms. The van der Waals surface area contributed by atoms with E-state index in [0.717, 1.165) is 5.56 Å². The average molecular weight is 592 g/mol. The average Bonchev–Trinajstić information content (AvgIpc) is 3.18. The van der Waals surface area contributed by atoms with Gasteiger partial charge in [-0.3, -0.25) is 10.1 Å². The zero-order valence-corrected chi connectivity index (χ0v) is 21.8. The van der Waals surface area contributed by atoms with Crippen LogP contribution >= 0.6 is 39.1 Å². The summed E-state index contributed by atoms with van der Waals surface area (Å²) in [6, 6.07) is 14.6. The molecule has 0 saturated carbocycles. The van der Waals surface area contributed by atoms with E-state index in [1.807, 2.05) is 25.1 Å². The molecular weight excluding hydrogens is 575 g/mol. The summed E-state index contributed by atoms with van der Waals surface area (Å²) in [7, 11) is 0. The van der Waals surface area contributed by atoms with Gasteiger partial charge < -0.3 is 14.2 Å². The third-order valence-electron chi connectivity index (χ3n) is 4.92. The molecule has 0 fully saturated rings. The fourth-order valence-corrected chi connectivity index (χ4v) is 4.31. The van der Waals surface area contributed by atoms with Gasteiger partial charge in [-0.1, -0.05) is 35.3 Å². The molecule has 184 valence electrons. The maximum absolute atomic E-state index is 12.5. The van der Waals surface area contributed by atoms with Crippen molar-refractivity contribution in [1.29, 1.82) is 0 Å². The van der Waals surface area contributed by atoms with E-state index in [0.29, 0.717) is 33.2 Å². The number of hydrogen-bond donors (Lipinski definition) is 0. The smallest absolute Gasteiger partial charge is 0.363 e. The summed E-state index contributed by atoms with van der Waals surface area (Å²) in [5.74, 6) is 0.104. The number of benzene rings is 3. The second kappa shape index (κ2) is 11.1. The fourth-order valence-electron chi connectivity index (χ4n) is 3.33. The number of nitro benzene ring substituents is 1. The van der Waals surface area contributed by atoms with Crippen molar-refractivity contribution in [2.75, 3.05) is 6.61 Å². The lowest BCUT2D eigenvalue weighted by atomic mass is 10.1. The molecule has 0 aromatic heterocycles. The van der Waals surface area contributed by atoms with Gasteiger partial charge in [0.25, 0.3) is 5.69 Å². The van der Waals surface area contributed by atoms with Crippen molar-refractivity contribution in [3.8, 4) is 11.5 Å². The SMILES string of the molecule is CCOc1cc(/C=C2\N=C(c3cc([N+](=O)[O-])ccc3Cl)OC2=O)cc(Br)c1OCc1cccc(Cl)c1. The predicted molar refractivity (Wildman–Crippen MR) is 140 cm³/mol. The molecule has 3 aromatic rings. The van der Waals surface area contributed by atoms with Gasteiger partial charge in [-0.25, -0.2) is 9.79 Å². The highest BCUT2D eigenvalue weighted by Gasteiger charge is 2.27. The van der Waals surface area contributed by atoms with Crippen molar-refractivity contribution in [1.82, 2.24) is 0 Å². The van der Waals surface area contributed by atoms with E-state index in [1.165, 1.54) is 24.3 Å². The summed E-state index contributed by atoms with van der Waals surface area (Å²) in [6.45, 7) is 2.49. The van der Waals surface area contributed by atoms with Crippen LogP contribution in [-0.2, 0) is 16.1 Å². The zero-order valence-electron chi connectivity index (χ0n) is 18.7. The van der Waals surface area contributed by atoms with E-state index in [4.69, 9.17) is 37.4 Å².